The molecule has 2 aromatic rings. The van der Waals surface area contributed by atoms with E-state index in [1.54, 1.807) is 25.3 Å². The van der Waals surface area contributed by atoms with E-state index >= 15 is 0 Å². The maximum Gasteiger partial charge on any atom is 0.254 e. The van der Waals surface area contributed by atoms with Gasteiger partial charge in [-0.05, 0) is 41.5 Å². The van der Waals surface area contributed by atoms with Gasteiger partial charge in [0.15, 0.2) is 0 Å². The summed E-state index contributed by atoms with van der Waals surface area (Å²) in [6, 6.07) is 9.13. The van der Waals surface area contributed by atoms with Gasteiger partial charge in [0.25, 0.3) is 5.91 Å². The fourth-order valence-corrected chi connectivity index (χ4v) is 2.97. The molecule has 0 saturated heterocycles. The Morgan fingerprint density at radius 3 is 2.92 bits per heavy atom. The van der Waals surface area contributed by atoms with Gasteiger partial charge in [0.1, 0.15) is 11.5 Å². The van der Waals surface area contributed by atoms with Crippen LogP contribution in [0.4, 0.5) is 5.69 Å². The molecule has 1 aliphatic heterocycles. The number of hydrogen-bond donors (Lipinski definition) is 3. The Morgan fingerprint density at radius 2 is 2.19 bits per heavy atom. The minimum absolute atomic E-state index is 0. The molecule has 0 saturated carbocycles. The Balaban J connectivity index is 0.00000196. The highest BCUT2D eigenvalue weighted by Crippen LogP contribution is 2.30. The van der Waals surface area contributed by atoms with E-state index in [0.717, 1.165) is 23.3 Å². The van der Waals surface area contributed by atoms with E-state index in [0.29, 0.717) is 29.2 Å². The van der Waals surface area contributed by atoms with Gasteiger partial charge in [-0.15, -0.1) is 0 Å². The number of carbonyl (C=O) groups excluding carboxylic acids is 1. The molecule has 1 heterocycles. The summed E-state index contributed by atoms with van der Waals surface area (Å²) >= 11 is 0. The summed E-state index contributed by atoms with van der Waals surface area (Å²) < 4.78 is 10.9. The first-order valence-corrected chi connectivity index (χ1v) is 8.26. The largest absolute Gasteiger partial charge is 0.495 e. The zero-order valence-electron chi connectivity index (χ0n) is 14.8. The number of allylic oxidation sites excluding steroid dienone is 1. The molecule has 1 amide bonds. The smallest absolute Gasteiger partial charge is 0.254 e. The number of amides is 1. The number of anilines is 1. The molecule has 0 fully saturated rings. The number of hydrogen-bond acceptors (Lipinski definition) is 5. The maximum absolute atomic E-state index is 12.0. The Morgan fingerprint density at radius 1 is 1.38 bits per heavy atom. The number of nitrogen functional groups attached to an aromatic ring is 1. The second-order valence-corrected chi connectivity index (χ2v) is 5.90. The van der Waals surface area contributed by atoms with Crippen molar-refractivity contribution in [3.8, 4) is 11.5 Å². The van der Waals surface area contributed by atoms with Crippen LogP contribution in [0, 0.1) is 5.41 Å². The number of nitrogens with two attached hydrogens (primary N) is 1. The summed E-state index contributed by atoms with van der Waals surface area (Å²) in [6.07, 6.45) is 4.38. The monoisotopic (exact) mass is 355 g/mol. The average molecular weight is 355 g/mol. The molecule has 6 heteroatoms. The Labute approximate surface area is 155 Å². The summed E-state index contributed by atoms with van der Waals surface area (Å²) in [5.74, 6) is 0.918. The molecule has 3 rings (SSSR count). The van der Waals surface area contributed by atoms with E-state index in [9.17, 15) is 4.79 Å². The van der Waals surface area contributed by atoms with Crippen LogP contribution in [0.15, 0.2) is 36.4 Å². The van der Waals surface area contributed by atoms with Crippen molar-refractivity contribution in [3.63, 3.8) is 0 Å². The van der Waals surface area contributed by atoms with Crippen LogP contribution in [0.5, 0.6) is 11.5 Å². The first-order chi connectivity index (χ1) is 12.5. The normalized spacial score (nSPS) is 12.5. The lowest BCUT2D eigenvalue weighted by atomic mass is 10.0. The van der Waals surface area contributed by atoms with E-state index in [4.69, 9.17) is 20.6 Å². The second kappa shape index (κ2) is 7.31. The summed E-state index contributed by atoms with van der Waals surface area (Å²) in [7, 11) is 3.00. The highest BCUT2D eigenvalue weighted by molar-refractivity contribution is 6.15. The quantitative estimate of drug-likeness (QED) is 0.567. The van der Waals surface area contributed by atoms with Crippen molar-refractivity contribution in [3.05, 3.63) is 58.7 Å². The number of methoxy groups -OCH3 is 1. The lowest BCUT2D eigenvalue weighted by Gasteiger charge is -2.14. The third-order valence-electron chi connectivity index (χ3n) is 4.29. The lowest BCUT2D eigenvalue weighted by Crippen LogP contribution is -2.20. The van der Waals surface area contributed by atoms with Crippen LogP contribution < -0.4 is 20.5 Å². The molecule has 0 aliphatic carbocycles. The molecule has 4 N–H and O–H groups in total. The van der Waals surface area contributed by atoms with Crippen molar-refractivity contribution >= 4 is 23.4 Å². The molecule has 6 nitrogen and oxygen atoms in total. The molecular formula is C20H25N3O3. The number of nitrogens with one attached hydrogen (secondary N) is 2. The van der Waals surface area contributed by atoms with E-state index in [1.165, 1.54) is 7.11 Å². The van der Waals surface area contributed by atoms with Crippen LogP contribution in [-0.4, -0.2) is 32.4 Å². The van der Waals surface area contributed by atoms with Crippen molar-refractivity contribution in [2.24, 2.45) is 0 Å². The van der Waals surface area contributed by atoms with Crippen LogP contribution in [0.1, 0.15) is 29.9 Å². The second-order valence-electron chi connectivity index (χ2n) is 5.90. The summed E-state index contributed by atoms with van der Waals surface area (Å²) in [6.45, 7) is 0.707. The van der Waals surface area contributed by atoms with Crippen molar-refractivity contribution in [1.29, 1.82) is 5.41 Å². The van der Waals surface area contributed by atoms with Crippen molar-refractivity contribution in [2.45, 2.75) is 6.42 Å². The van der Waals surface area contributed by atoms with Gasteiger partial charge < -0.3 is 25.9 Å². The van der Waals surface area contributed by atoms with Gasteiger partial charge in [-0.1, -0.05) is 12.1 Å². The average Bonchev–Trinajstić information content (AvgIpc) is 3.12. The number of benzene rings is 2. The van der Waals surface area contributed by atoms with Gasteiger partial charge in [0.2, 0.25) is 0 Å². The SMILES string of the molecule is CNC(=O)c1ccc(N)c(C(=N)/C=C/c2ccc3c(c2)CCO3)c1OC.[HH].[HH]. The van der Waals surface area contributed by atoms with Crippen LogP contribution >= 0.6 is 0 Å². The van der Waals surface area contributed by atoms with E-state index in [2.05, 4.69) is 5.32 Å². The van der Waals surface area contributed by atoms with Gasteiger partial charge >= 0.3 is 0 Å². The zero-order valence-corrected chi connectivity index (χ0v) is 14.8. The van der Waals surface area contributed by atoms with Gasteiger partial charge in [-0.2, -0.15) is 0 Å². The minimum Gasteiger partial charge on any atom is -0.495 e. The van der Waals surface area contributed by atoms with E-state index in [-0.39, 0.29) is 14.5 Å². The van der Waals surface area contributed by atoms with Gasteiger partial charge in [-0.25, -0.2) is 0 Å². The maximum atomic E-state index is 12.0. The molecular weight excluding hydrogens is 330 g/mol. The first kappa shape index (κ1) is 17.5. The predicted molar refractivity (Wildman–Crippen MR) is 107 cm³/mol. The van der Waals surface area contributed by atoms with Crippen LogP contribution in [0.25, 0.3) is 6.08 Å². The van der Waals surface area contributed by atoms with Crippen molar-refractivity contribution in [1.82, 2.24) is 5.32 Å². The van der Waals surface area contributed by atoms with Gasteiger partial charge in [0.05, 0.1) is 30.6 Å². The summed E-state index contributed by atoms with van der Waals surface area (Å²) in [5, 5.41) is 11.0. The number of carbonyl (C=O) groups is 1. The standard InChI is InChI=1S/C20H21N3O3.2H2/c1-23-20(24)14-5-7-16(22)18(19(14)25-2)15(21)6-3-12-4-8-17-13(11-12)9-10-26-17;;/h3-8,11,21H,9-10,22H2,1-2H3,(H,23,24);2*1H/b6-3+,21-15?;;. The molecule has 138 valence electrons. The molecule has 0 aromatic heterocycles. The first-order valence-electron chi connectivity index (χ1n) is 8.26. The summed E-state index contributed by atoms with van der Waals surface area (Å²) in [5.41, 5.74) is 9.47. The molecule has 0 radical (unpaired) electrons. The molecule has 0 bridgehead atoms. The summed E-state index contributed by atoms with van der Waals surface area (Å²) in [4.78, 5) is 12.0. The van der Waals surface area contributed by atoms with Crippen LogP contribution in [0.2, 0.25) is 0 Å². The van der Waals surface area contributed by atoms with Crippen LogP contribution in [0.3, 0.4) is 0 Å². The fraction of sp³-hybridized carbons (Fsp3) is 0.200. The zero-order chi connectivity index (χ0) is 18.7. The van der Waals surface area contributed by atoms with Crippen molar-refractivity contribution in [2.75, 3.05) is 26.5 Å². The highest BCUT2D eigenvalue weighted by atomic mass is 16.5. The Kier molecular flexibility index (Phi) is 4.93. The number of ether oxygens (including phenoxy) is 2. The van der Waals surface area contributed by atoms with Crippen LogP contribution in [-0.2, 0) is 6.42 Å². The topological polar surface area (TPSA) is 97.4 Å². The van der Waals surface area contributed by atoms with E-state index < -0.39 is 0 Å². The Bertz CT molecular complexity index is 914. The molecule has 0 spiro atoms. The van der Waals surface area contributed by atoms with Crippen molar-refractivity contribution < 1.29 is 17.1 Å². The number of rotatable bonds is 5. The van der Waals surface area contributed by atoms with Gasteiger partial charge in [0, 0.05) is 22.0 Å². The molecule has 1 aliphatic rings. The molecule has 0 unspecified atom stereocenters. The molecule has 2 aromatic carbocycles. The Hall–Kier alpha value is -3.28. The fourth-order valence-electron chi connectivity index (χ4n) is 2.97. The predicted octanol–water partition coefficient (Wildman–Crippen LogP) is 3.15. The highest BCUT2D eigenvalue weighted by Gasteiger charge is 2.19. The third kappa shape index (κ3) is 3.26. The lowest BCUT2D eigenvalue weighted by molar-refractivity contribution is 0.0960. The number of fused-ring (bicyclic) bond motifs is 1. The minimum atomic E-state index is -0.293. The van der Waals surface area contributed by atoms with E-state index in [1.807, 2.05) is 24.3 Å². The van der Waals surface area contributed by atoms with Gasteiger partial charge in [-0.3, -0.25) is 4.79 Å². The molecule has 0 atom stereocenters. The molecule has 26 heavy (non-hydrogen) atoms. The third-order valence-corrected chi connectivity index (χ3v) is 4.29.